The van der Waals surface area contributed by atoms with Crippen molar-refractivity contribution in [3.63, 3.8) is 0 Å². The normalized spacial score (nSPS) is 16.3. The van der Waals surface area contributed by atoms with E-state index >= 15 is 0 Å². The monoisotopic (exact) mass is 348 g/mol. The number of rotatable bonds is 5. The zero-order valence-electron chi connectivity index (χ0n) is 13.2. The van der Waals surface area contributed by atoms with Gasteiger partial charge in [0, 0.05) is 22.3 Å². The molecule has 1 heterocycles. The van der Waals surface area contributed by atoms with Crippen molar-refractivity contribution < 1.29 is 13.6 Å². The Bertz CT molecular complexity index is 721. The maximum Gasteiger partial charge on any atom is 0.288 e. The number of thioether (sulfide) groups is 1. The van der Waals surface area contributed by atoms with Gasteiger partial charge in [-0.15, -0.1) is 0 Å². The van der Waals surface area contributed by atoms with E-state index in [0.29, 0.717) is 22.3 Å². The number of anilines is 2. The van der Waals surface area contributed by atoms with Gasteiger partial charge in [-0.25, -0.2) is 0 Å². The van der Waals surface area contributed by atoms with Gasteiger partial charge in [-0.05, 0) is 49.2 Å². The summed E-state index contributed by atoms with van der Waals surface area (Å²) in [6.07, 6.45) is 0.934. The number of benzene rings is 2. The molecule has 1 atom stereocenters. The van der Waals surface area contributed by atoms with Crippen LogP contribution in [0.25, 0.3) is 0 Å². The topological polar surface area (TPSA) is 32.3 Å². The van der Waals surface area contributed by atoms with Gasteiger partial charge in [-0.3, -0.25) is 4.79 Å². The van der Waals surface area contributed by atoms with Crippen LogP contribution >= 0.6 is 11.8 Å². The molecule has 0 aromatic heterocycles. The lowest BCUT2D eigenvalue weighted by atomic mass is 10.1. The van der Waals surface area contributed by atoms with Crippen LogP contribution in [0.4, 0.5) is 20.2 Å². The number of alkyl halides is 2. The van der Waals surface area contributed by atoms with Crippen molar-refractivity contribution >= 4 is 29.0 Å². The number of amides is 1. The minimum Gasteiger partial charge on any atom is -0.359 e. The van der Waals surface area contributed by atoms with Crippen LogP contribution in [-0.4, -0.2) is 24.3 Å². The molecule has 6 heteroatoms. The van der Waals surface area contributed by atoms with E-state index in [-0.39, 0.29) is 18.5 Å². The Hall–Kier alpha value is -2.08. The first kappa shape index (κ1) is 16.8. The molecule has 0 saturated heterocycles. The maximum atomic E-state index is 12.3. The van der Waals surface area contributed by atoms with Crippen LogP contribution < -0.4 is 10.2 Å². The summed E-state index contributed by atoms with van der Waals surface area (Å²) in [4.78, 5) is 14.9. The molecular weight excluding hydrogens is 330 g/mol. The fraction of sp³-hybridized carbons (Fsp3) is 0.278. The fourth-order valence-electron chi connectivity index (χ4n) is 2.95. The highest BCUT2D eigenvalue weighted by atomic mass is 32.2. The molecule has 24 heavy (non-hydrogen) atoms. The third-order valence-electron chi connectivity index (χ3n) is 4.03. The first-order chi connectivity index (χ1) is 11.5. The molecule has 3 nitrogen and oxygen atoms in total. The lowest BCUT2D eigenvalue weighted by Gasteiger charge is -2.24. The summed E-state index contributed by atoms with van der Waals surface area (Å²) in [6.45, 7) is 2.37. The van der Waals surface area contributed by atoms with Gasteiger partial charge in [0.25, 0.3) is 5.76 Å². The van der Waals surface area contributed by atoms with Gasteiger partial charge >= 0.3 is 0 Å². The minimum absolute atomic E-state index is 0.118. The van der Waals surface area contributed by atoms with Gasteiger partial charge in [-0.2, -0.15) is 8.78 Å². The standard InChI is InChI=1S/C18H18F2N2OS/c1-12-10-13-4-2-3-5-16(13)22(12)11-17(23)21-14-6-8-15(9-7-14)24-18(19)20/h2-9,12,18H,10-11H2,1H3,(H,21,23)/t12-/m1/s1. The Morgan fingerprint density at radius 3 is 2.67 bits per heavy atom. The number of carbonyl (C=O) groups is 1. The van der Waals surface area contributed by atoms with Gasteiger partial charge < -0.3 is 10.2 Å². The molecule has 2 aromatic carbocycles. The Labute approximate surface area is 144 Å². The Morgan fingerprint density at radius 2 is 1.96 bits per heavy atom. The number of para-hydroxylation sites is 1. The second-order valence-electron chi connectivity index (χ2n) is 5.76. The van der Waals surface area contributed by atoms with Crippen LogP contribution in [0.2, 0.25) is 0 Å². The predicted molar refractivity (Wildman–Crippen MR) is 93.9 cm³/mol. The first-order valence-electron chi connectivity index (χ1n) is 7.72. The van der Waals surface area contributed by atoms with Gasteiger partial charge in [0.05, 0.1) is 6.54 Å². The van der Waals surface area contributed by atoms with Crippen molar-refractivity contribution in [1.29, 1.82) is 0 Å². The fourth-order valence-corrected chi connectivity index (χ4v) is 3.44. The van der Waals surface area contributed by atoms with Crippen LogP contribution in [0.1, 0.15) is 12.5 Å². The van der Waals surface area contributed by atoms with Gasteiger partial charge in [0.15, 0.2) is 0 Å². The average Bonchev–Trinajstić information content (AvgIpc) is 2.85. The van der Waals surface area contributed by atoms with Crippen LogP contribution in [-0.2, 0) is 11.2 Å². The van der Waals surface area contributed by atoms with Crippen LogP contribution in [0.3, 0.4) is 0 Å². The van der Waals surface area contributed by atoms with Gasteiger partial charge in [-0.1, -0.05) is 30.0 Å². The summed E-state index contributed by atoms with van der Waals surface area (Å²) in [5.41, 5.74) is 2.97. The van der Waals surface area contributed by atoms with E-state index in [0.717, 1.165) is 12.1 Å². The molecule has 2 aromatic rings. The number of halogens is 2. The second-order valence-corrected chi connectivity index (χ2v) is 6.82. The molecule has 0 aliphatic carbocycles. The number of hydrogen-bond acceptors (Lipinski definition) is 3. The third-order valence-corrected chi connectivity index (χ3v) is 4.75. The molecular formula is C18H18F2N2OS. The number of carbonyl (C=O) groups excluding carboxylic acids is 1. The van der Waals surface area contributed by atoms with Gasteiger partial charge in [0.2, 0.25) is 5.91 Å². The summed E-state index contributed by atoms with van der Waals surface area (Å²) >= 11 is 0.490. The molecule has 1 N–H and O–H groups in total. The summed E-state index contributed by atoms with van der Waals surface area (Å²) in [7, 11) is 0. The van der Waals surface area contributed by atoms with E-state index in [1.807, 2.05) is 18.2 Å². The minimum atomic E-state index is -2.44. The largest absolute Gasteiger partial charge is 0.359 e. The molecule has 0 spiro atoms. The van der Waals surface area contributed by atoms with Crippen LogP contribution in [0.5, 0.6) is 0 Å². The SMILES string of the molecule is C[C@@H]1Cc2ccccc2N1CC(=O)Nc1ccc(SC(F)F)cc1. The summed E-state index contributed by atoms with van der Waals surface area (Å²) in [5, 5.41) is 2.82. The Kier molecular flexibility index (Phi) is 5.04. The van der Waals surface area contributed by atoms with E-state index in [1.165, 1.54) is 5.56 Å². The Balaban J connectivity index is 1.62. The molecule has 0 bridgehead atoms. The molecule has 1 amide bonds. The van der Waals surface area contributed by atoms with E-state index < -0.39 is 5.76 Å². The smallest absolute Gasteiger partial charge is 0.288 e. The predicted octanol–water partition coefficient (Wildman–Crippen LogP) is 4.39. The zero-order valence-corrected chi connectivity index (χ0v) is 14.0. The van der Waals surface area contributed by atoms with Gasteiger partial charge in [0.1, 0.15) is 0 Å². The highest BCUT2D eigenvalue weighted by Gasteiger charge is 2.26. The van der Waals surface area contributed by atoms with Crippen LogP contribution in [0.15, 0.2) is 53.4 Å². The number of nitrogens with zero attached hydrogens (tertiary/aromatic N) is 1. The molecule has 1 aliphatic rings. The van der Waals surface area contributed by atoms with E-state index in [4.69, 9.17) is 0 Å². The summed E-state index contributed by atoms with van der Waals surface area (Å²) < 4.78 is 24.6. The van der Waals surface area contributed by atoms with Crippen molar-refractivity contribution in [2.24, 2.45) is 0 Å². The molecule has 0 saturated carbocycles. The molecule has 126 valence electrons. The number of nitrogens with one attached hydrogen (secondary N) is 1. The molecule has 1 aliphatic heterocycles. The summed E-state index contributed by atoms with van der Waals surface area (Å²) in [5.74, 6) is -2.56. The average molecular weight is 348 g/mol. The van der Waals surface area contributed by atoms with E-state index in [1.54, 1.807) is 24.3 Å². The van der Waals surface area contributed by atoms with Crippen LogP contribution in [0, 0.1) is 0 Å². The third kappa shape index (κ3) is 3.87. The van der Waals surface area contributed by atoms with Crippen molar-refractivity contribution in [2.45, 2.75) is 30.0 Å². The molecule has 0 unspecified atom stereocenters. The maximum absolute atomic E-state index is 12.3. The number of fused-ring (bicyclic) bond motifs is 1. The highest BCUT2D eigenvalue weighted by Crippen LogP contribution is 2.31. The zero-order chi connectivity index (χ0) is 17.1. The van der Waals surface area contributed by atoms with Crippen molar-refractivity contribution in [2.75, 3.05) is 16.8 Å². The second kappa shape index (κ2) is 7.21. The van der Waals surface area contributed by atoms with E-state index in [9.17, 15) is 13.6 Å². The van der Waals surface area contributed by atoms with E-state index in [2.05, 4.69) is 23.2 Å². The Morgan fingerprint density at radius 1 is 1.25 bits per heavy atom. The molecule has 3 rings (SSSR count). The summed E-state index contributed by atoms with van der Waals surface area (Å²) in [6, 6.07) is 14.8. The molecule has 0 fully saturated rings. The van der Waals surface area contributed by atoms with Crippen molar-refractivity contribution in [3.8, 4) is 0 Å². The molecule has 0 radical (unpaired) electrons. The quantitative estimate of drug-likeness (QED) is 0.814. The van der Waals surface area contributed by atoms with Crippen molar-refractivity contribution in [3.05, 3.63) is 54.1 Å². The lowest BCUT2D eigenvalue weighted by molar-refractivity contribution is -0.115. The van der Waals surface area contributed by atoms with Crippen molar-refractivity contribution in [1.82, 2.24) is 0 Å². The first-order valence-corrected chi connectivity index (χ1v) is 8.60. The highest BCUT2D eigenvalue weighted by molar-refractivity contribution is 7.99. The lowest BCUT2D eigenvalue weighted by Crippen LogP contribution is -2.37. The number of hydrogen-bond donors (Lipinski definition) is 1.